The van der Waals surface area contributed by atoms with Gasteiger partial charge in [-0.3, -0.25) is 0 Å². The molecule has 2 N–H and O–H groups in total. The minimum Gasteiger partial charge on any atom is -0.489 e. The summed E-state index contributed by atoms with van der Waals surface area (Å²) in [7, 11) is 0. The molecule has 1 fully saturated rings. The molecular weight excluding hydrogens is 224 g/mol. The predicted molar refractivity (Wildman–Crippen MR) is 67.5 cm³/mol. The maximum absolute atomic E-state index is 6.14. The van der Waals surface area contributed by atoms with Crippen molar-refractivity contribution in [3.63, 3.8) is 0 Å². The molecule has 0 aliphatic carbocycles. The Morgan fingerprint density at radius 1 is 1.44 bits per heavy atom. The first-order valence-corrected chi connectivity index (χ1v) is 5.96. The van der Waals surface area contributed by atoms with Crippen LogP contribution in [0.2, 0.25) is 5.02 Å². The molecular formula is C12H17ClN2O. The van der Waals surface area contributed by atoms with Crippen LogP contribution in [0.4, 0.5) is 5.69 Å². The monoisotopic (exact) mass is 240 g/mol. The lowest BCUT2D eigenvalue weighted by molar-refractivity contribution is 0.242. The Balaban J connectivity index is 2.03. The largest absolute Gasteiger partial charge is 0.489 e. The molecule has 88 valence electrons. The van der Waals surface area contributed by atoms with E-state index in [1.54, 1.807) is 0 Å². The Hall–Kier alpha value is -0.930. The van der Waals surface area contributed by atoms with E-state index in [2.05, 4.69) is 10.6 Å². The van der Waals surface area contributed by atoms with E-state index in [1.807, 2.05) is 32.0 Å². The highest BCUT2D eigenvalue weighted by atomic mass is 35.5. The summed E-state index contributed by atoms with van der Waals surface area (Å²) in [5.74, 6) is 0.744. The van der Waals surface area contributed by atoms with Crippen molar-refractivity contribution in [2.75, 3.05) is 18.4 Å². The average molecular weight is 241 g/mol. The van der Waals surface area contributed by atoms with Crippen molar-refractivity contribution in [1.82, 2.24) is 5.32 Å². The molecule has 1 aromatic carbocycles. The van der Waals surface area contributed by atoms with Gasteiger partial charge in [0.2, 0.25) is 0 Å². The summed E-state index contributed by atoms with van der Waals surface area (Å²) in [6, 6.07) is 6.35. The molecule has 0 saturated carbocycles. The van der Waals surface area contributed by atoms with Gasteiger partial charge in [0.1, 0.15) is 5.75 Å². The predicted octanol–water partition coefficient (Wildman–Crippen LogP) is 2.51. The number of nitrogens with one attached hydrogen (secondary N) is 2. The molecule has 0 spiro atoms. The zero-order valence-corrected chi connectivity index (χ0v) is 10.3. The van der Waals surface area contributed by atoms with Crippen molar-refractivity contribution in [3.8, 4) is 5.75 Å². The molecule has 0 radical (unpaired) electrons. The third kappa shape index (κ3) is 2.80. The molecule has 2 rings (SSSR count). The van der Waals surface area contributed by atoms with E-state index in [-0.39, 0.29) is 6.10 Å². The third-order valence-electron chi connectivity index (χ3n) is 2.45. The molecule has 1 saturated heterocycles. The molecule has 16 heavy (non-hydrogen) atoms. The zero-order chi connectivity index (χ0) is 11.5. The Morgan fingerprint density at radius 2 is 2.19 bits per heavy atom. The fraction of sp³-hybridized carbons (Fsp3) is 0.500. The Labute approximate surface area is 101 Å². The number of ether oxygens (including phenoxy) is 1. The highest BCUT2D eigenvalue weighted by Crippen LogP contribution is 2.28. The minimum absolute atomic E-state index is 0.146. The molecule has 0 aromatic heterocycles. The second-order valence-corrected chi connectivity index (χ2v) is 4.72. The molecule has 0 bridgehead atoms. The van der Waals surface area contributed by atoms with Gasteiger partial charge in [-0.2, -0.15) is 0 Å². The summed E-state index contributed by atoms with van der Waals surface area (Å²) >= 11 is 6.14. The van der Waals surface area contributed by atoms with E-state index in [0.717, 1.165) is 24.5 Å². The SMILES string of the molecule is CC(C)Oc1ccc(NC2CNC2)cc1Cl. The number of halogens is 1. The lowest BCUT2D eigenvalue weighted by Crippen LogP contribution is -2.51. The van der Waals surface area contributed by atoms with Crippen molar-refractivity contribution in [2.45, 2.75) is 26.0 Å². The van der Waals surface area contributed by atoms with Crippen molar-refractivity contribution < 1.29 is 4.74 Å². The topological polar surface area (TPSA) is 33.3 Å². The summed E-state index contributed by atoms with van der Waals surface area (Å²) in [5.41, 5.74) is 1.05. The van der Waals surface area contributed by atoms with Gasteiger partial charge in [0.05, 0.1) is 17.2 Å². The van der Waals surface area contributed by atoms with E-state index in [9.17, 15) is 0 Å². The van der Waals surface area contributed by atoms with Crippen LogP contribution < -0.4 is 15.4 Å². The van der Waals surface area contributed by atoms with Crippen LogP contribution in [0.5, 0.6) is 5.75 Å². The van der Waals surface area contributed by atoms with E-state index in [0.29, 0.717) is 11.1 Å². The lowest BCUT2D eigenvalue weighted by atomic mass is 10.1. The first-order valence-electron chi connectivity index (χ1n) is 5.58. The van der Waals surface area contributed by atoms with Gasteiger partial charge >= 0.3 is 0 Å². The highest BCUT2D eigenvalue weighted by molar-refractivity contribution is 6.32. The normalized spacial score (nSPS) is 16.0. The summed E-state index contributed by atoms with van der Waals surface area (Å²) in [5, 5.41) is 7.27. The lowest BCUT2D eigenvalue weighted by Gasteiger charge is -2.29. The van der Waals surface area contributed by atoms with Crippen LogP contribution in [0, 0.1) is 0 Å². The van der Waals surface area contributed by atoms with Crippen molar-refractivity contribution in [1.29, 1.82) is 0 Å². The van der Waals surface area contributed by atoms with Gasteiger partial charge in [-0.25, -0.2) is 0 Å². The van der Waals surface area contributed by atoms with E-state index >= 15 is 0 Å². The number of anilines is 1. The fourth-order valence-electron chi connectivity index (χ4n) is 1.57. The standard InChI is InChI=1S/C12H17ClN2O/c1-8(2)16-12-4-3-9(5-11(12)13)15-10-6-14-7-10/h3-5,8,10,14-15H,6-7H2,1-2H3. The van der Waals surface area contributed by atoms with Crippen LogP contribution in [-0.2, 0) is 0 Å². The number of rotatable bonds is 4. The summed E-state index contributed by atoms with van der Waals surface area (Å²) < 4.78 is 5.57. The molecule has 0 atom stereocenters. The van der Waals surface area contributed by atoms with Gasteiger partial charge in [0.15, 0.2) is 0 Å². The molecule has 1 aliphatic rings. The summed E-state index contributed by atoms with van der Waals surface area (Å²) in [6.45, 7) is 6.01. The Bertz CT molecular complexity index is 364. The maximum atomic E-state index is 6.14. The van der Waals surface area contributed by atoms with Crippen LogP contribution in [0.1, 0.15) is 13.8 Å². The fourth-order valence-corrected chi connectivity index (χ4v) is 1.79. The number of benzene rings is 1. The maximum Gasteiger partial charge on any atom is 0.138 e. The van der Waals surface area contributed by atoms with Crippen molar-refractivity contribution in [3.05, 3.63) is 23.2 Å². The summed E-state index contributed by atoms with van der Waals surface area (Å²) in [4.78, 5) is 0. The van der Waals surface area contributed by atoms with Gasteiger partial charge in [0, 0.05) is 18.8 Å². The highest BCUT2D eigenvalue weighted by Gasteiger charge is 2.16. The van der Waals surface area contributed by atoms with Gasteiger partial charge < -0.3 is 15.4 Å². The zero-order valence-electron chi connectivity index (χ0n) is 9.59. The molecule has 1 aromatic rings. The van der Waals surface area contributed by atoms with Crippen LogP contribution in [0.3, 0.4) is 0 Å². The van der Waals surface area contributed by atoms with Crippen LogP contribution >= 0.6 is 11.6 Å². The average Bonchev–Trinajstić information content (AvgIpc) is 2.15. The smallest absolute Gasteiger partial charge is 0.138 e. The molecule has 1 aliphatic heterocycles. The molecule has 4 heteroatoms. The van der Waals surface area contributed by atoms with Gasteiger partial charge in [0.25, 0.3) is 0 Å². The second kappa shape index (κ2) is 4.93. The van der Waals surface area contributed by atoms with Crippen molar-refractivity contribution in [2.24, 2.45) is 0 Å². The molecule has 0 unspecified atom stereocenters. The van der Waals surface area contributed by atoms with Crippen LogP contribution in [0.15, 0.2) is 18.2 Å². The van der Waals surface area contributed by atoms with Gasteiger partial charge in [-0.15, -0.1) is 0 Å². The Morgan fingerprint density at radius 3 is 2.69 bits per heavy atom. The number of hydrogen-bond acceptors (Lipinski definition) is 3. The third-order valence-corrected chi connectivity index (χ3v) is 2.74. The molecule has 0 amide bonds. The second-order valence-electron chi connectivity index (χ2n) is 4.31. The van der Waals surface area contributed by atoms with E-state index in [1.165, 1.54) is 0 Å². The van der Waals surface area contributed by atoms with Gasteiger partial charge in [-0.1, -0.05) is 11.6 Å². The van der Waals surface area contributed by atoms with Crippen LogP contribution in [0.25, 0.3) is 0 Å². The molecule has 3 nitrogen and oxygen atoms in total. The Kier molecular flexibility index (Phi) is 3.56. The molecule has 1 heterocycles. The first-order chi connectivity index (χ1) is 7.65. The first kappa shape index (κ1) is 11.6. The van der Waals surface area contributed by atoms with E-state index < -0.39 is 0 Å². The van der Waals surface area contributed by atoms with Gasteiger partial charge in [-0.05, 0) is 32.0 Å². The van der Waals surface area contributed by atoms with Crippen LogP contribution in [-0.4, -0.2) is 25.2 Å². The van der Waals surface area contributed by atoms with E-state index in [4.69, 9.17) is 16.3 Å². The minimum atomic E-state index is 0.146. The number of hydrogen-bond donors (Lipinski definition) is 2. The quantitative estimate of drug-likeness (QED) is 0.849. The van der Waals surface area contributed by atoms with Crippen molar-refractivity contribution >= 4 is 17.3 Å². The summed E-state index contributed by atoms with van der Waals surface area (Å²) in [6.07, 6.45) is 0.146.